The molecule has 1 aliphatic heterocycles. The normalized spacial score (nSPS) is 15.2. The number of fused-ring (bicyclic) bond motifs is 1. The van der Waals surface area contributed by atoms with Gasteiger partial charge in [0.05, 0.1) is 18.7 Å². The second kappa shape index (κ2) is 10.3. The van der Waals surface area contributed by atoms with Crippen molar-refractivity contribution in [3.8, 4) is 11.5 Å². The van der Waals surface area contributed by atoms with Crippen molar-refractivity contribution in [1.29, 1.82) is 0 Å². The van der Waals surface area contributed by atoms with Gasteiger partial charge in [-0.2, -0.15) is 0 Å². The summed E-state index contributed by atoms with van der Waals surface area (Å²) in [5, 5.41) is 4.81. The van der Waals surface area contributed by atoms with E-state index < -0.39 is 0 Å². The maximum absolute atomic E-state index is 5.81. The molecule has 1 aromatic heterocycles. The van der Waals surface area contributed by atoms with E-state index in [-0.39, 0.29) is 0 Å². The van der Waals surface area contributed by atoms with Gasteiger partial charge in [-0.05, 0) is 78.5 Å². The summed E-state index contributed by atoms with van der Waals surface area (Å²) >= 11 is 3.62. The first-order valence-corrected chi connectivity index (χ1v) is 11.9. The summed E-state index contributed by atoms with van der Waals surface area (Å²) < 4.78 is 12.5. The van der Waals surface area contributed by atoms with Crippen LogP contribution in [0.15, 0.2) is 53.0 Å². The molecule has 1 fully saturated rings. The zero-order valence-electron chi connectivity index (χ0n) is 18.2. The third-order valence-corrected chi connectivity index (χ3v) is 6.39. The van der Waals surface area contributed by atoms with E-state index in [0.717, 1.165) is 59.8 Å². The number of anilines is 1. The van der Waals surface area contributed by atoms with Crippen LogP contribution in [-0.2, 0) is 6.54 Å². The quantitative estimate of drug-likeness (QED) is 0.433. The molecule has 0 amide bonds. The standard InChI is InChI=1S/C25H30BrN3O2/c1-3-30-22-15-18(16-23(25(22)26)31-4-2)17-29-13-11-20(12-14-29)27-24-10-9-19-7-5-6-8-21(19)28-24/h5-10,15-16,20H,3-4,11-14,17H2,1-2H3,(H,27,28). The van der Waals surface area contributed by atoms with Gasteiger partial charge < -0.3 is 14.8 Å². The summed E-state index contributed by atoms with van der Waals surface area (Å²) in [6.45, 7) is 8.27. The highest BCUT2D eigenvalue weighted by Gasteiger charge is 2.21. The predicted molar refractivity (Wildman–Crippen MR) is 130 cm³/mol. The Morgan fingerprint density at radius 3 is 2.35 bits per heavy atom. The van der Waals surface area contributed by atoms with Crippen molar-refractivity contribution in [3.05, 3.63) is 58.6 Å². The molecule has 0 atom stereocenters. The maximum atomic E-state index is 5.81. The van der Waals surface area contributed by atoms with Gasteiger partial charge in [-0.1, -0.05) is 18.2 Å². The summed E-state index contributed by atoms with van der Waals surface area (Å²) in [5.41, 5.74) is 2.26. The van der Waals surface area contributed by atoms with Crippen LogP contribution in [-0.4, -0.2) is 42.2 Å². The van der Waals surface area contributed by atoms with Gasteiger partial charge in [0.1, 0.15) is 21.8 Å². The molecule has 1 saturated heterocycles. The van der Waals surface area contributed by atoms with Crippen molar-refractivity contribution in [2.75, 3.05) is 31.6 Å². The molecule has 0 aliphatic carbocycles. The van der Waals surface area contributed by atoms with E-state index in [1.54, 1.807) is 0 Å². The Kier molecular flexibility index (Phi) is 7.30. The van der Waals surface area contributed by atoms with Gasteiger partial charge in [0.2, 0.25) is 0 Å². The summed E-state index contributed by atoms with van der Waals surface area (Å²) in [7, 11) is 0. The van der Waals surface area contributed by atoms with E-state index >= 15 is 0 Å². The van der Waals surface area contributed by atoms with Crippen LogP contribution in [0.2, 0.25) is 0 Å². The van der Waals surface area contributed by atoms with Crippen molar-refractivity contribution in [2.45, 2.75) is 39.3 Å². The van der Waals surface area contributed by atoms with E-state index in [1.807, 2.05) is 26.0 Å². The lowest BCUT2D eigenvalue weighted by atomic mass is 10.0. The molecule has 0 saturated carbocycles. The molecule has 0 unspecified atom stereocenters. The molecule has 164 valence electrons. The largest absolute Gasteiger partial charge is 0.493 e. The Labute approximate surface area is 192 Å². The highest BCUT2D eigenvalue weighted by molar-refractivity contribution is 9.10. The van der Waals surface area contributed by atoms with E-state index in [1.165, 1.54) is 10.9 Å². The van der Waals surface area contributed by atoms with Crippen LogP contribution in [0.1, 0.15) is 32.3 Å². The van der Waals surface area contributed by atoms with Gasteiger partial charge in [0.15, 0.2) is 0 Å². The molecule has 4 rings (SSSR count). The Balaban J connectivity index is 1.36. The zero-order chi connectivity index (χ0) is 21.6. The lowest BCUT2D eigenvalue weighted by Crippen LogP contribution is -2.38. The van der Waals surface area contributed by atoms with Crippen LogP contribution in [0.5, 0.6) is 11.5 Å². The van der Waals surface area contributed by atoms with E-state index in [2.05, 4.69) is 62.5 Å². The van der Waals surface area contributed by atoms with Crippen LogP contribution in [0.25, 0.3) is 10.9 Å². The number of rotatable bonds is 8. The van der Waals surface area contributed by atoms with Crippen LogP contribution >= 0.6 is 15.9 Å². The highest BCUT2D eigenvalue weighted by Crippen LogP contribution is 2.36. The van der Waals surface area contributed by atoms with Gasteiger partial charge >= 0.3 is 0 Å². The number of nitrogens with zero attached hydrogens (tertiary/aromatic N) is 2. The third-order valence-electron chi connectivity index (χ3n) is 5.61. The summed E-state index contributed by atoms with van der Waals surface area (Å²) in [6, 6.07) is 17.2. The number of pyridine rings is 1. The number of halogens is 1. The van der Waals surface area contributed by atoms with Crippen LogP contribution < -0.4 is 14.8 Å². The average molecular weight is 484 g/mol. The maximum Gasteiger partial charge on any atom is 0.137 e. The predicted octanol–water partition coefficient (Wildman–Crippen LogP) is 5.87. The molecular formula is C25H30BrN3O2. The number of hydrogen-bond acceptors (Lipinski definition) is 5. The molecule has 0 radical (unpaired) electrons. The van der Waals surface area contributed by atoms with Crippen LogP contribution in [0.3, 0.4) is 0 Å². The topological polar surface area (TPSA) is 46.6 Å². The van der Waals surface area contributed by atoms with Gasteiger partial charge in [-0.25, -0.2) is 4.98 Å². The molecule has 2 heterocycles. The fourth-order valence-electron chi connectivity index (χ4n) is 4.09. The summed E-state index contributed by atoms with van der Waals surface area (Å²) in [6.07, 6.45) is 2.20. The van der Waals surface area contributed by atoms with Crippen molar-refractivity contribution >= 4 is 32.7 Å². The average Bonchev–Trinajstić information content (AvgIpc) is 2.78. The third kappa shape index (κ3) is 5.49. The molecular weight excluding hydrogens is 454 g/mol. The van der Waals surface area contributed by atoms with Crippen LogP contribution in [0, 0.1) is 0 Å². The van der Waals surface area contributed by atoms with Crippen molar-refractivity contribution in [2.24, 2.45) is 0 Å². The second-order valence-electron chi connectivity index (χ2n) is 7.86. The molecule has 1 N–H and O–H groups in total. The highest BCUT2D eigenvalue weighted by atomic mass is 79.9. The number of likely N-dealkylation sites (tertiary alicyclic amines) is 1. The lowest BCUT2D eigenvalue weighted by Gasteiger charge is -2.32. The minimum atomic E-state index is 0.452. The van der Waals surface area contributed by atoms with Gasteiger partial charge in [-0.3, -0.25) is 4.90 Å². The Hall–Kier alpha value is -2.31. The second-order valence-corrected chi connectivity index (χ2v) is 8.65. The summed E-state index contributed by atoms with van der Waals surface area (Å²) in [5.74, 6) is 2.66. The van der Waals surface area contributed by atoms with E-state index in [0.29, 0.717) is 19.3 Å². The minimum Gasteiger partial charge on any atom is -0.493 e. The van der Waals surface area contributed by atoms with Crippen molar-refractivity contribution < 1.29 is 9.47 Å². The fourth-order valence-corrected chi connectivity index (χ4v) is 4.55. The van der Waals surface area contributed by atoms with E-state index in [9.17, 15) is 0 Å². The first-order valence-electron chi connectivity index (χ1n) is 11.1. The first kappa shape index (κ1) is 21.9. The molecule has 5 nitrogen and oxygen atoms in total. The zero-order valence-corrected chi connectivity index (χ0v) is 19.8. The van der Waals surface area contributed by atoms with Crippen molar-refractivity contribution in [3.63, 3.8) is 0 Å². The number of nitrogens with one attached hydrogen (secondary N) is 1. The van der Waals surface area contributed by atoms with Crippen LogP contribution in [0.4, 0.5) is 5.82 Å². The van der Waals surface area contributed by atoms with Gasteiger partial charge in [0.25, 0.3) is 0 Å². The van der Waals surface area contributed by atoms with E-state index in [4.69, 9.17) is 14.5 Å². The molecule has 2 aromatic carbocycles. The number of piperidine rings is 1. The van der Waals surface area contributed by atoms with Gasteiger partial charge in [-0.15, -0.1) is 0 Å². The Morgan fingerprint density at radius 1 is 1.00 bits per heavy atom. The Morgan fingerprint density at radius 2 is 1.68 bits per heavy atom. The molecule has 0 bridgehead atoms. The monoisotopic (exact) mass is 483 g/mol. The first-order chi connectivity index (χ1) is 15.2. The smallest absolute Gasteiger partial charge is 0.137 e. The molecule has 3 aromatic rings. The van der Waals surface area contributed by atoms with Gasteiger partial charge in [0, 0.05) is 31.1 Å². The fraction of sp³-hybridized carbons (Fsp3) is 0.400. The lowest BCUT2D eigenvalue weighted by molar-refractivity contribution is 0.210. The number of ether oxygens (including phenoxy) is 2. The minimum absolute atomic E-state index is 0.452. The molecule has 6 heteroatoms. The number of aromatic nitrogens is 1. The number of benzene rings is 2. The summed E-state index contributed by atoms with van der Waals surface area (Å²) in [4.78, 5) is 7.26. The number of hydrogen-bond donors (Lipinski definition) is 1. The molecule has 31 heavy (non-hydrogen) atoms. The Bertz CT molecular complexity index is 992. The molecule has 0 spiro atoms. The molecule has 1 aliphatic rings. The SMILES string of the molecule is CCOc1cc(CN2CCC(Nc3ccc4ccccc4n3)CC2)cc(OCC)c1Br. The number of para-hydroxylation sites is 1. The van der Waals surface area contributed by atoms with Crippen molar-refractivity contribution in [1.82, 2.24) is 9.88 Å².